The normalized spacial score (nSPS) is 10.9. The fourth-order valence-corrected chi connectivity index (χ4v) is 3.63. The number of fused-ring (bicyclic) bond motifs is 1. The average molecular weight is 296 g/mol. The zero-order valence-corrected chi connectivity index (χ0v) is 12.9. The van der Waals surface area contributed by atoms with Gasteiger partial charge in [0.15, 0.2) is 0 Å². The molecule has 1 aromatic carbocycles. The molecule has 0 spiro atoms. The van der Waals surface area contributed by atoms with Crippen LogP contribution in [0, 0.1) is 0 Å². The van der Waals surface area contributed by atoms with E-state index < -0.39 is 0 Å². The summed E-state index contributed by atoms with van der Waals surface area (Å²) in [6, 6.07) is 7.89. The Labute approximate surface area is 123 Å². The van der Waals surface area contributed by atoms with E-state index >= 15 is 0 Å². The molecule has 2 rings (SSSR count). The van der Waals surface area contributed by atoms with Crippen molar-refractivity contribution in [2.24, 2.45) is 0 Å². The van der Waals surface area contributed by atoms with Gasteiger partial charge in [0.05, 0.1) is 5.02 Å². The molecule has 4 heteroatoms. The lowest BCUT2D eigenvalue weighted by molar-refractivity contribution is 0.0760. The first-order valence-electron chi connectivity index (χ1n) is 6.65. The molecule has 0 saturated heterocycles. The molecule has 0 aliphatic rings. The van der Waals surface area contributed by atoms with Crippen LogP contribution in [0.2, 0.25) is 5.02 Å². The Morgan fingerprint density at radius 1 is 1.21 bits per heavy atom. The van der Waals surface area contributed by atoms with Crippen molar-refractivity contribution in [1.29, 1.82) is 0 Å². The predicted octanol–water partition coefficient (Wildman–Crippen LogP) is 4.82. The van der Waals surface area contributed by atoms with Crippen molar-refractivity contribution in [3.63, 3.8) is 0 Å². The summed E-state index contributed by atoms with van der Waals surface area (Å²) >= 11 is 7.85. The van der Waals surface area contributed by atoms with Gasteiger partial charge in [0.25, 0.3) is 5.91 Å². The molecule has 1 aromatic heterocycles. The number of nitrogens with zero attached hydrogens (tertiary/aromatic N) is 1. The molecule has 0 atom stereocenters. The summed E-state index contributed by atoms with van der Waals surface area (Å²) in [6.07, 6.45) is 1.93. The average Bonchev–Trinajstić information content (AvgIpc) is 2.76. The van der Waals surface area contributed by atoms with Gasteiger partial charge < -0.3 is 4.90 Å². The highest BCUT2D eigenvalue weighted by Gasteiger charge is 2.21. The third kappa shape index (κ3) is 2.93. The lowest BCUT2D eigenvalue weighted by Gasteiger charge is -2.20. The summed E-state index contributed by atoms with van der Waals surface area (Å²) in [7, 11) is 0. The van der Waals surface area contributed by atoms with E-state index in [1.54, 1.807) is 0 Å². The van der Waals surface area contributed by atoms with Crippen LogP contribution >= 0.6 is 22.9 Å². The van der Waals surface area contributed by atoms with Crippen LogP contribution < -0.4 is 0 Å². The van der Waals surface area contributed by atoms with Gasteiger partial charge >= 0.3 is 0 Å². The third-order valence-corrected chi connectivity index (χ3v) is 4.67. The lowest BCUT2D eigenvalue weighted by Crippen LogP contribution is -2.32. The maximum atomic E-state index is 12.6. The van der Waals surface area contributed by atoms with Crippen LogP contribution in [0.4, 0.5) is 0 Å². The second-order valence-electron chi connectivity index (χ2n) is 4.53. The maximum Gasteiger partial charge on any atom is 0.265 e. The largest absolute Gasteiger partial charge is 0.338 e. The lowest BCUT2D eigenvalue weighted by atomic mass is 10.2. The molecule has 0 aliphatic heterocycles. The Hall–Kier alpha value is -1.06. The molecule has 2 aromatic rings. The first kappa shape index (κ1) is 14.4. The highest BCUT2D eigenvalue weighted by Crippen LogP contribution is 2.35. The van der Waals surface area contributed by atoms with Gasteiger partial charge in [-0.15, -0.1) is 11.3 Å². The number of hydrogen-bond acceptors (Lipinski definition) is 2. The van der Waals surface area contributed by atoms with E-state index in [-0.39, 0.29) is 5.91 Å². The van der Waals surface area contributed by atoms with E-state index in [0.29, 0.717) is 9.90 Å². The van der Waals surface area contributed by atoms with E-state index in [2.05, 4.69) is 13.8 Å². The molecule has 0 unspecified atom stereocenters. The number of rotatable bonds is 5. The van der Waals surface area contributed by atoms with E-state index in [4.69, 9.17) is 11.6 Å². The van der Waals surface area contributed by atoms with E-state index in [0.717, 1.165) is 36.0 Å². The Balaban J connectivity index is 2.37. The second-order valence-corrected chi connectivity index (χ2v) is 5.96. The fraction of sp³-hybridized carbons (Fsp3) is 0.400. The van der Waals surface area contributed by atoms with Gasteiger partial charge in [0, 0.05) is 23.2 Å². The topological polar surface area (TPSA) is 20.3 Å². The number of hydrogen-bond donors (Lipinski definition) is 0. The van der Waals surface area contributed by atoms with Crippen molar-refractivity contribution in [2.75, 3.05) is 13.1 Å². The highest BCUT2D eigenvalue weighted by atomic mass is 35.5. The Kier molecular flexibility index (Phi) is 4.83. The number of halogens is 1. The van der Waals surface area contributed by atoms with Crippen molar-refractivity contribution in [3.8, 4) is 0 Å². The summed E-state index contributed by atoms with van der Waals surface area (Å²) in [5.41, 5.74) is 0. The minimum absolute atomic E-state index is 0.0647. The number of thiophene rings is 1. The van der Waals surface area contributed by atoms with Gasteiger partial charge in [-0.3, -0.25) is 4.79 Å². The summed E-state index contributed by atoms with van der Waals surface area (Å²) in [6.45, 7) is 5.75. The van der Waals surface area contributed by atoms with Crippen molar-refractivity contribution >= 4 is 38.9 Å². The molecule has 0 saturated carbocycles. The molecule has 0 aliphatic carbocycles. The first-order chi connectivity index (χ1) is 9.19. The molecule has 0 radical (unpaired) electrons. The van der Waals surface area contributed by atoms with Crippen LogP contribution in [0.3, 0.4) is 0 Å². The molecule has 2 nitrogen and oxygen atoms in total. The predicted molar refractivity (Wildman–Crippen MR) is 83.3 cm³/mol. The molecule has 0 N–H and O–H groups in total. The summed E-state index contributed by atoms with van der Waals surface area (Å²) in [4.78, 5) is 15.1. The molecule has 0 fully saturated rings. The van der Waals surface area contributed by atoms with E-state index in [1.165, 1.54) is 11.3 Å². The van der Waals surface area contributed by atoms with Crippen LogP contribution in [0.1, 0.15) is 36.4 Å². The summed E-state index contributed by atoms with van der Waals surface area (Å²) in [5, 5.41) is 1.58. The van der Waals surface area contributed by atoms with Crippen LogP contribution in [-0.4, -0.2) is 23.9 Å². The Bertz CT molecular complexity index is 573. The van der Waals surface area contributed by atoms with Crippen molar-refractivity contribution < 1.29 is 4.79 Å². The van der Waals surface area contributed by atoms with Gasteiger partial charge in [-0.25, -0.2) is 0 Å². The van der Waals surface area contributed by atoms with Crippen molar-refractivity contribution in [2.45, 2.75) is 26.7 Å². The molecule has 1 amide bonds. The van der Waals surface area contributed by atoms with Gasteiger partial charge in [-0.2, -0.15) is 0 Å². The number of carbonyl (C=O) groups excluding carboxylic acids is 1. The number of amides is 1. The van der Waals surface area contributed by atoms with Gasteiger partial charge in [0.1, 0.15) is 4.88 Å². The molecule has 102 valence electrons. The zero-order valence-electron chi connectivity index (χ0n) is 11.3. The Morgan fingerprint density at radius 3 is 2.42 bits per heavy atom. The minimum Gasteiger partial charge on any atom is -0.338 e. The fourth-order valence-electron chi connectivity index (χ4n) is 2.15. The number of benzene rings is 1. The smallest absolute Gasteiger partial charge is 0.265 e. The molecular formula is C15H18ClNOS. The zero-order chi connectivity index (χ0) is 13.8. The minimum atomic E-state index is 0.0647. The van der Waals surface area contributed by atoms with E-state index in [9.17, 15) is 4.79 Å². The van der Waals surface area contributed by atoms with Crippen LogP contribution in [-0.2, 0) is 0 Å². The highest BCUT2D eigenvalue weighted by molar-refractivity contribution is 7.21. The molecular weight excluding hydrogens is 278 g/mol. The van der Waals surface area contributed by atoms with Crippen LogP contribution in [0.5, 0.6) is 0 Å². The Morgan fingerprint density at radius 2 is 1.84 bits per heavy atom. The molecule has 1 heterocycles. The monoisotopic (exact) mass is 295 g/mol. The van der Waals surface area contributed by atoms with Crippen LogP contribution in [0.15, 0.2) is 24.3 Å². The summed E-state index contributed by atoms with van der Waals surface area (Å²) in [5.74, 6) is 0.0647. The second kappa shape index (κ2) is 6.40. The van der Waals surface area contributed by atoms with Crippen LogP contribution in [0.25, 0.3) is 10.1 Å². The van der Waals surface area contributed by atoms with E-state index in [1.807, 2.05) is 29.2 Å². The van der Waals surface area contributed by atoms with Gasteiger partial charge in [0.2, 0.25) is 0 Å². The quantitative estimate of drug-likeness (QED) is 0.774. The van der Waals surface area contributed by atoms with Gasteiger partial charge in [-0.05, 0) is 18.9 Å². The van der Waals surface area contributed by atoms with Gasteiger partial charge in [-0.1, -0.05) is 43.6 Å². The third-order valence-electron chi connectivity index (χ3n) is 3.00. The molecule has 19 heavy (non-hydrogen) atoms. The van der Waals surface area contributed by atoms with Crippen molar-refractivity contribution in [3.05, 3.63) is 34.2 Å². The van der Waals surface area contributed by atoms with Crippen molar-refractivity contribution in [1.82, 2.24) is 4.90 Å². The SMILES string of the molecule is CCCN(CCC)C(=O)c1sc2ccccc2c1Cl. The summed E-state index contributed by atoms with van der Waals surface area (Å²) < 4.78 is 1.07. The molecule has 0 bridgehead atoms. The standard InChI is InChI=1S/C15H18ClNOS/c1-3-9-17(10-4-2)15(18)14-13(16)11-7-5-6-8-12(11)19-14/h5-8H,3-4,9-10H2,1-2H3. The maximum absolute atomic E-state index is 12.6. The number of carbonyl (C=O) groups is 1. The first-order valence-corrected chi connectivity index (χ1v) is 7.84.